The quantitative estimate of drug-likeness (QED) is 0.362. The zero-order valence-electron chi connectivity index (χ0n) is 15.0. The van der Waals surface area contributed by atoms with Crippen LogP contribution in [0.3, 0.4) is 0 Å². The van der Waals surface area contributed by atoms with Crippen molar-refractivity contribution in [1.82, 2.24) is 15.6 Å². The summed E-state index contributed by atoms with van der Waals surface area (Å²) in [5.74, 6) is 0.512. The van der Waals surface area contributed by atoms with Gasteiger partial charge in [0.2, 0.25) is 5.88 Å². The molecule has 0 amide bonds. The average molecular weight is 494 g/mol. The van der Waals surface area contributed by atoms with E-state index in [1.54, 1.807) is 13.1 Å². The molecule has 0 spiro atoms. The summed E-state index contributed by atoms with van der Waals surface area (Å²) in [6.07, 6.45) is -2.99. The number of nitrogens with one attached hydrogen (secondary N) is 2. The van der Waals surface area contributed by atoms with Crippen LogP contribution in [0, 0.1) is 0 Å². The Morgan fingerprint density at radius 2 is 1.93 bits per heavy atom. The molecule has 1 aromatic heterocycles. The van der Waals surface area contributed by atoms with Gasteiger partial charge in [0, 0.05) is 25.9 Å². The van der Waals surface area contributed by atoms with Gasteiger partial charge in [0.1, 0.15) is 0 Å². The highest BCUT2D eigenvalue weighted by Crippen LogP contribution is 2.17. The van der Waals surface area contributed by atoms with Crippen LogP contribution in [0.4, 0.5) is 13.2 Å². The Morgan fingerprint density at radius 3 is 2.56 bits per heavy atom. The summed E-state index contributed by atoms with van der Waals surface area (Å²) in [6, 6.07) is 13.1. The van der Waals surface area contributed by atoms with E-state index < -0.39 is 12.8 Å². The summed E-state index contributed by atoms with van der Waals surface area (Å²) in [5.41, 5.74) is 1.84. The van der Waals surface area contributed by atoms with Crippen LogP contribution in [0.25, 0.3) is 0 Å². The molecule has 1 heterocycles. The fourth-order valence-electron chi connectivity index (χ4n) is 2.21. The Hall–Kier alpha value is -2.04. The fourth-order valence-corrected chi connectivity index (χ4v) is 2.21. The van der Waals surface area contributed by atoms with E-state index in [2.05, 4.69) is 25.3 Å². The van der Waals surface area contributed by atoms with Crippen molar-refractivity contribution >= 4 is 29.9 Å². The van der Waals surface area contributed by atoms with Gasteiger partial charge in [-0.1, -0.05) is 30.3 Å². The van der Waals surface area contributed by atoms with Crippen molar-refractivity contribution in [3.8, 4) is 5.88 Å². The van der Waals surface area contributed by atoms with E-state index in [4.69, 9.17) is 0 Å². The number of hydrogen-bond acceptors (Lipinski definition) is 3. The van der Waals surface area contributed by atoms with Crippen LogP contribution in [-0.4, -0.2) is 30.8 Å². The number of nitrogens with zero attached hydrogens (tertiary/aromatic N) is 2. The number of benzene rings is 1. The van der Waals surface area contributed by atoms with Gasteiger partial charge in [-0.25, -0.2) is 4.98 Å². The molecule has 0 radical (unpaired) electrons. The number of alkyl halides is 3. The van der Waals surface area contributed by atoms with Crippen molar-refractivity contribution in [1.29, 1.82) is 0 Å². The number of hydrogen-bond donors (Lipinski definition) is 2. The van der Waals surface area contributed by atoms with Crippen molar-refractivity contribution in [3.05, 3.63) is 59.8 Å². The van der Waals surface area contributed by atoms with Crippen LogP contribution >= 0.6 is 24.0 Å². The minimum atomic E-state index is -4.39. The van der Waals surface area contributed by atoms with Gasteiger partial charge >= 0.3 is 6.18 Å². The maximum Gasteiger partial charge on any atom is 0.422 e. The fraction of sp³-hybridized carbons (Fsp3) is 0.333. The van der Waals surface area contributed by atoms with Gasteiger partial charge in [-0.2, -0.15) is 13.2 Å². The Labute approximate surface area is 173 Å². The Kier molecular flexibility index (Phi) is 9.33. The number of aliphatic imine (C=N–C) groups is 1. The lowest BCUT2D eigenvalue weighted by Crippen LogP contribution is -2.38. The molecular formula is C18H22F3IN4O. The van der Waals surface area contributed by atoms with Gasteiger partial charge < -0.3 is 15.4 Å². The monoisotopic (exact) mass is 494 g/mol. The molecule has 1 atom stereocenters. The SMILES string of the molecule is CN=C(NCc1ccnc(OCC(F)(F)F)c1)NC(C)c1ccccc1.I. The van der Waals surface area contributed by atoms with Crippen molar-refractivity contribution in [3.63, 3.8) is 0 Å². The molecular weight excluding hydrogens is 472 g/mol. The van der Waals surface area contributed by atoms with Crippen molar-refractivity contribution in [2.24, 2.45) is 4.99 Å². The number of halogens is 4. The topological polar surface area (TPSA) is 58.5 Å². The van der Waals surface area contributed by atoms with E-state index in [0.29, 0.717) is 12.5 Å². The summed E-state index contributed by atoms with van der Waals surface area (Å²) in [5, 5.41) is 6.38. The average Bonchev–Trinajstić information content (AvgIpc) is 2.64. The number of ether oxygens (including phenoxy) is 1. The van der Waals surface area contributed by atoms with Gasteiger partial charge in [-0.05, 0) is 24.1 Å². The number of guanidine groups is 1. The number of aromatic nitrogens is 1. The first-order chi connectivity index (χ1) is 12.4. The molecule has 27 heavy (non-hydrogen) atoms. The zero-order valence-corrected chi connectivity index (χ0v) is 17.3. The second-order valence-electron chi connectivity index (χ2n) is 5.61. The third kappa shape index (κ3) is 8.46. The Morgan fingerprint density at radius 1 is 1.22 bits per heavy atom. The van der Waals surface area contributed by atoms with E-state index in [9.17, 15) is 13.2 Å². The molecule has 2 rings (SSSR count). The molecule has 1 aromatic carbocycles. The smallest absolute Gasteiger partial charge is 0.422 e. The van der Waals surface area contributed by atoms with Crippen LogP contribution in [0.15, 0.2) is 53.7 Å². The summed E-state index contributed by atoms with van der Waals surface area (Å²) >= 11 is 0. The highest BCUT2D eigenvalue weighted by Gasteiger charge is 2.28. The Balaban J connectivity index is 0.00000364. The second-order valence-corrected chi connectivity index (χ2v) is 5.61. The van der Waals surface area contributed by atoms with E-state index in [0.717, 1.165) is 11.1 Å². The first-order valence-corrected chi connectivity index (χ1v) is 8.04. The first-order valence-electron chi connectivity index (χ1n) is 8.04. The van der Waals surface area contributed by atoms with Crippen LogP contribution < -0.4 is 15.4 Å². The molecule has 2 N–H and O–H groups in total. The summed E-state index contributed by atoms with van der Waals surface area (Å²) in [6.45, 7) is 1.01. The van der Waals surface area contributed by atoms with E-state index in [1.165, 1.54) is 12.3 Å². The molecule has 0 saturated carbocycles. The molecule has 148 valence electrons. The van der Waals surface area contributed by atoms with Crippen molar-refractivity contribution in [2.45, 2.75) is 25.7 Å². The van der Waals surface area contributed by atoms with E-state index in [-0.39, 0.29) is 35.9 Å². The van der Waals surface area contributed by atoms with Crippen LogP contribution in [-0.2, 0) is 6.54 Å². The predicted molar refractivity (Wildman–Crippen MR) is 109 cm³/mol. The van der Waals surface area contributed by atoms with Crippen LogP contribution in [0.1, 0.15) is 24.1 Å². The largest absolute Gasteiger partial charge is 0.468 e. The van der Waals surface area contributed by atoms with Crippen LogP contribution in [0.2, 0.25) is 0 Å². The standard InChI is InChI=1S/C18H21F3N4O.HI/c1-13(15-6-4-3-5-7-15)25-17(22-2)24-11-14-8-9-23-16(10-14)26-12-18(19,20)21;/h3-10,13H,11-12H2,1-2H3,(H2,22,24,25);1H. The van der Waals surface area contributed by atoms with E-state index in [1.807, 2.05) is 37.3 Å². The van der Waals surface area contributed by atoms with Gasteiger partial charge in [0.05, 0.1) is 6.04 Å². The summed E-state index contributed by atoms with van der Waals surface area (Å²) < 4.78 is 41.3. The number of rotatable bonds is 6. The van der Waals surface area contributed by atoms with Gasteiger partial charge in [0.25, 0.3) is 0 Å². The third-order valence-corrected chi connectivity index (χ3v) is 3.52. The molecule has 5 nitrogen and oxygen atoms in total. The minimum absolute atomic E-state index is 0. The maximum atomic E-state index is 12.2. The summed E-state index contributed by atoms with van der Waals surface area (Å²) in [4.78, 5) is 7.94. The number of pyridine rings is 1. The first kappa shape index (κ1) is 23.0. The van der Waals surface area contributed by atoms with E-state index >= 15 is 0 Å². The predicted octanol–water partition coefficient (Wildman–Crippen LogP) is 4.07. The lowest BCUT2D eigenvalue weighted by atomic mass is 10.1. The molecule has 0 saturated heterocycles. The van der Waals surface area contributed by atoms with Gasteiger partial charge in [-0.3, -0.25) is 4.99 Å². The molecule has 0 fully saturated rings. The molecule has 2 aromatic rings. The third-order valence-electron chi connectivity index (χ3n) is 3.52. The normalized spacial score (nSPS) is 12.7. The minimum Gasteiger partial charge on any atom is -0.468 e. The molecule has 0 aliphatic heterocycles. The summed E-state index contributed by atoms with van der Waals surface area (Å²) in [7, 11) is 1.65. The van der Waals surface area contributed by atoms with Crippen molar-refractivity contribution in [2.75, 3.05) is 13.7 Å². The molecule has 0 bridgehead atoms. The molecule has 1 unspecified atom stereocenters. The van der Waals surface area contributed by atoms with Crippen LogP contribution in [0.5, 0.6) is 5.88 Å². The zero-order chi connectivity index (χ0) is 19.0. The lowest BCUT2D eigenvalue weighted by Gasteiger charge is -2.18. The molecule has 9 heteroatoms. The molecule has 0 aliphatic carbocycles. The maximum absolute atomic E-state index is 12.2. The van der Waals surface area contributed by atoms with Gasteiger partial charge in [-0.15, -0.1) is 24.0 Å². The highest BCUT2D eigenvalue weighted by atomic mass is 127. The highest BCUT2D eigenvalue weighted by molar-refractivity contribution is 14.0. The van der Waals surface area contributed by atoms with Crippen molar-refractivity contribution < 1.29 is 17.9 Å². The molecule has 0 aliphatic rings. The Bertz CT molecular complexity index is 726. The second kappa shape index (κ2) is 11.0. The van der Waals surface area contributed by atoms with Gasteiger partial charge in [0.15, 0.2) is 12.6 Å². The lowest BCUT2D eigenvalue weighted by molar-refractivity contribution is -0.154.